The van der Waals surface area contributed by atoms with Crippen molar-refractivity contribution in [3.63, 3.8) is 0 Å². The second-order valence-electron chi connectivity index (χ2n) is 7.74. The summed E-state index contributed by atoms with van der Waals surface area (Å²) in [6, 6.07) is 12.3. The van der Waals surface area contributed by atoms with E-state index in [1.807, 2.05) is 6.92 Å². The third-order valence-electron chi connectivity index (χ3n) is 4.84. The number of aryl methyl sites for hydroxylation is 2. The van der Waals surface area contributed by atoms with Crippen LogP contribution < -0.4 is 20.3 Å². The third kappa shape index (κ3) is 5.81. The van der Waals surface area contributed by atoms with Crippen LogP contribution in [0, 0.1) is 13.8 Å². The first-order chi connectivity index (χ1) is 16.6. The highest BCUT2D eigenvalue weighted by Crippen LogP contribution is 2.31. The van der Waals surface area contributed by atoms with Gasteiger partial charge in [-0.15, -0.1) is 4.57 Å². The van der Waals surface area contributed by atoms with Gasteiger partial charge in [0.15, 0.2) is 12.3 Å². The van der Waals surface area contributed by atoms with Gasteiger partial charge in [-0.25, -0.2) is 4.98 Å². The standard InChI is InChI=1S/C24H20F3N3O5/c1-14-6-7-20(34-12-17-11-23(32)30-21(28-17)9-15(2)35-30)19(8-14)29-22(31)13-33-18-5-3-4-16(10-18)24(25,26)27/h3-11H,12-13H2,1-2H3,(H,29,31). The van der Waals surface area contributed by atoms with E-state index in [0.29, 0.717) is 28.5 Å². The molecule has 4 aromatic rings. The van der Waals surface area contributed by atoms with E-state index in [1.54, 1.807) is 31.2 Å². The summed E-state index contributed by atoms with van der Waals surface area (Å²) in [7, 11) is 0. The number of carbonyl (C=O) groups excluding carboxylic acids is 1. The van der Waals surface area contributed by atoms with Gasteiger partial charge < -0.3 is 19.3 Å². The number of alkyl halides is 3. The number of anilines is 1. The van der Waals surface area contributed by atoms with E-state index in [2.05, 4.69) is 10.3 Å². The van der Waals surface area contributed by atoms with Gasteiger partial charge in [0.25, 0.3) is 11.5 Å². The lowest BCUT2D eigenvalue weighted by molar-refractivity contribution is -0.137. The van der Waals surface area contributed by atoms with Crippen LogP contribution in [0.15, 0.2) is 63.9 Å². The number of hydrogen-bond donors (Lipinski definition) is 1. The Morgan fingerprint density at radius 3 is 2.66 bits per heavy atom. The minimum atomic E-state index is -4.52. The van der Waals surface area contributed by atoms with Gasteiger partial charge in [0, 0.05) is 12.1 Å². The molecule has 8 nitrogen and oxygen atoms in total. The summed E-state index contributed by atoms with van der Waals surface area (Å²) in [6.07, 6.45) is -4.52. The van der Waals surface area contributed by atoms with Crippen molar-refractivity contribution in [2.45, 2.75) is 26.6 Å². The highest BCUT2D eigenvalue weighted by atomic mass is 19.4. The predicted octanol–water partition coefficient (Wildman–Crippen LogP) is 4.52. The van der Waals surface area contributed by atoms with Gasteiger partial charge in [0.1, 0.15) is 23.9 Å². The van der Waals surface area contributed by atoms with Crippen LogP contribution in [-0.2, 0) is 17.6 Å². The van der Waals surface area contributed by atoms with Gasteiger partial charge >= 0.3 is 6.18 Å². The van der Waals surface area contributed by atoms with Crippen LogP contribution in [0.1, 0.15) is 22.6 Å². The average molecular weight is 487 g/mol. The molecule has 182 valence electrons. The number of aromatic nitrogens is 2. The first-order valence-corrected chi connectivity index (χ1v) is 10.4. The van der Waals surface area contributed by atoms with E-state index in [0.717, 1.165) is 22.3 Å². The fraction of sp³-hybridized carbons (Fsp3) is 0.208. The zero-order chi connectivity index (χ0) is 25.2. The molecule has 0 spiro atoms. The van der Waals surface area contributed by atoms with Crippen LogP contribution in [0.25, 0.3) is 5.65 Å². The topological polar surface area (TPSA) is 95.1 Å². The molecule has 2 aromatic carbocycles. The minimum absolute atomic E-state index is 0.0529. The molecule has 0 fully saturated rings. The zero-order valence-corrected chi connectivity index (χ0v) is 18.7. The number of halogens is 3. The normalized spacial score (nSPS) is 11.5. The molecule has 0 saturated heterocycles. The van der Waals surface area contributed by atoms with Gasteiger partial charge in [-0.1, -0.05) is 12.1 Å². The smallest absolute Gasteiger partial charge is 0.416 e. The highest BCUT2D eigenvalue weighted by molar-refractivity contribution is 5.93. The molecule has 2 aromatic heterocycles. The number of nitrogens with one attached hydrogen (secondary N) is 1. The minimum Gasteiger partial charge on any atom is -0.485 e. The summed E-state index contributed by atoms with van der Waals surface area (Å²) in [5.74, 6) is 0.166. The molecule has 1 N–H and O–H groups in total. The van der Waals surface area contributed by atoms with Crippen LogP contribution >= 0.6 is 0 Å². The van der Waals surface area contributed by atoms with Crippen molar-refractivity contribution in [2.75, 3.05) is 11.9 Å². The molecule has 35 heavy (non-hydrogen) atoms. The van der Waals surface area contributed by atoms with Crippen molar-refractivity contribution in [2.24, 2.45) is 0 Å². The molecule has 2 heterocycles. The molecule has 0 atom stereocenters. The number of nitrogens with zero attached hydrogens (tertiary/aromatic N) is 2. The molecule has 0 radical (unpaired) electrons. The van der Waals surface area contributed by atoms with Crippen molar-refractivity contribution >= 4 is 17.2 Å². The second-order valence-corrected chi connectivity index (χ2v) is 7.74. The molecular formula is C24H20F3N3O5. The van der Waals surface area contributed by atoms with Gasteiger partial charge in [0.2, 0.25) is 0 Å². The number of rotatable bonds is 7. The van der Waals surface area contributed by atoms with Crippen LogP contribution in [0.5, 0.6) is 11.5 Å². The average Bonchev–Trinajstić information content (AvgIpc) is 3.18. The zero-order valence-electron chi connectivity index (χ0n) is 18.7. The molecule has 4 rings (SSSR count). The van der Waals surface area contributed by atoms with E-state index in [4.69, 9.17) is 14.0 Å². The van der Waals surface area contributed by atoms with Crippen LogP contribution in [0.2, 0.25) is 0 Å². The Morgan fingerprint density at radius 2 is 1.89 bits per heavy atom. The number of hydrogen-bond acceptors (Lipinski definition) is 6. The number of carbonyl (C=O) groups is 1. The van der Waals surface area contributed by atoms with Crippen LogP contribution in [-0.4, -0.2) is 22.1 Å². The Kier molecular flexibility index (Phi) is 6.50. The first-order valence-electron chi connectivity index (χ1n) is 10.4. The summed E-state index contributed by atoms with van der Waals surface area (Å²) in [5.41, 5.74) is 0.602. The van der Waals surface area contributed by atoms with Crippen molar-refractivity contribution in [1.29, 1.82) is 0 Å². The predicted molar refractivity (Wildman–Crippen MR) is 120 cm³/mol. The third-order valence-corrected chi connectivity index (χ3v) is 4.84. The Labute approximate surface area is 196 Å². The number of benzene rings is 2. The van der Waals surface area contributed by atoms with Gasteiger partial charge in [0.05, 0.1) is 16.9 Å². The van der Waals surface area contributed by atoms with Gasteiger partial charge in [-0.05, 0) is 49.7 Å². The Bertz CT molecular complexity index is 1440. The fourth-order valence-corrected chi connectivity index (χ4v) is 3.26. The molecular weight excluding hydrogens is 467 g/mol. The van der Waals surface area contributed by atoms with E-state index in [-0.39, 0.29) is 12.4 Å². The molecule has 0 aliphatic rings. The molecule has 0 aliphatic heterocycles. The number of fused-ring (bicyclic) bond motifs is 1. The fourth-order valence-electron chi connectivity index (χ4n) is 3.26. The second kappa shape index (κ2) is 9.53. The van der Waals surface area contributed by atoms with E-state index < -0.39 is 29.8 Å². The molecule has 0 unspecified atom stereocenters. The molecule has 11 heteroatoms. The molecule has 1 amide bonds. The molecule has 0 aliphatic carbocycles. The summed E-state index contributed by atoms with van der Waals surface area (Å²) in [4.78, 5) is 28.9. The maximum Gasteiger partial charge on any atom is 0.416 e. The van der Waals surface area contributed by atoms with Crippen molar-refractivity contribution in [3.8, 4) is 11.5 Å². The monoisotopic (exact) mass is 487 g/mol. The van der Waals surface area contributed by atoms with Gasteiger partial charge in [-0.3, -0.25) is 9.59 Å². The van der Waals surface area contributed by atoms with Gasteiger partial charge in [-0.2, -0.15) is 13.2 Å². The van der Waals surface area contributed by atoms with E-state index in [9.17, 15) is 22.8 Å². The van der Waals surface area contributed by atoms with Crippen molar-refractivity contribution in [3.05, 3.63) is 87.5 Å². The van der Waals surface area contributed by atoms with E-state index >= 15 is 0 Å². The Balaban J connectivity index is 1.43. The summed E-state index contributed by atoms with van der Waals surface area (Å²) >= 11 is 0. The SMILES string of the molecule is Cc1ccc(OCc2cc(=O)n3oc(C)cc3n2)c(NC(=O)COc2cccc(C(F)(F)F)c2)c1. The Morgan fingerprint density at radius 1 is 1.09 bits per heavy atom. The first kappa shape index (κ1) is 23.9. The lowest BCUT2D eigenvalue weighted by atomic mass is 10.2. The molecule has 0 saturated carbocycles. The maximum absolute atomic E-state index is 12.9. The molecule has 0 bridgehead atoms. The lowest BCUT2D eigenvalue weighted by Gasteiger charge is -2.14. The number of amides is 1. The summed E-state index contributed by atoms with van der Waals surface area (Å²) in [6.45, 7) is 2.95. The Hall–Kier alpha value is -4.28. The number of ether oxygens (including phenoxy) is 2. The highest BCUT2D eigenvalue weighted by Gasteiger charge is 2.30. The van der Waals surface area contributed by atoms with Crippen molar-refractivity contribution in [1.82, 2.24) is 9.56 Å². The summed E-state index contributed by atoms with van der Waals surface area (Å²) < 4.78 is 55.9. The van der Waals surface area contributed by atoms with Crippen LogP contribution in [0.4, 0.5) is 18.9 Å². The van der Waals surface area contributed by atoms with E-state index in [1.165, 1.54) is 18.2 Å². The van der Waals surface area contributed by atoms with Crippen molar-refractivity contribution < 1.29 is 32.0 Å². The maximum atomic E-state index is 12.9. The largest absolute Gasteiger partial charge is 0.485 e. The summed E-state index contributed by atoms with van der Waals surface area (Å²) in [5, 5.41) is 2.63. The lowest BCUT2D eigenvalue weighted by Crippen LogP contribution is -2.21. The quantitative estimate of drug-likeness (QED) is 0.412. The van der Waals surface area contributed by atoms with Crippen LogP contribution in [0.3, 0.4) is 0 Å².